The second-order valence-corrected chi connectivity index (χ2v) is 7.66. The van der Waals surface area contributed by atoms with E-state index in [0.29, 0.717) is 17.8 Å². The van der Waals surface area contributed by atoms with E-state index in [2.05, 4.69) is 21.3 Å². The van der Waals surface area contributed by atoms with Crippen LogP contribution in [0.25, 0.3) is 10.6 Å². The van der Waals surface area contributed by atoms with Crippen LogP contribution >= 0.6 is 11.3 Å². The Morgan fingerprint density at radius 3 is 2.52 bits per heavy atom. The van der Waals surface area contributed by atoms with Gasteiger partial charge in [0.05, 0.1) is 17.0 Å². The lowest BCUT2D eigenvalue weighted by molar-refractivity contribution is -0.139. The molecule has 0 saturated heterocycles. The van der Waals surface area contributed by atoms with E-state index in [1.807, 2.05) is 47.8 Å². The van der Waals surface area contributed by atoms with Crippen LogP contribution in [-0.4, -0.2) is 33.5 Å². The summed E-state index contributed by atoms with van der Waals surface area (Å²) in [5.41, 5.74) is 6.34. The zero-order valence-electron chi connectivity index (χ0n) is 15.4. The van der Waals surface area contributed by atoms with E-state index in [0.717, 1.165) is 23.3 Å². The molecule has 0 bridgehead atoms. The summed E-state index contributed by atoms with van der Waals surface area (Å²) in [6, 6.07) is 13.6. The van der Waals surface area contributed by atoms with Crippen molar-refractivity contribution in [3.05, 3.63) is 65.2 Å². The Hall–Kier alpha value is -3.46. The summed E-state index contributed by atoms with van der Waals surface area (Å²) < 4.78 is 1.68. The molecule has 1 aliphatic rings. The van der Waals surface area contributed by atoms with Crippen molar-refractivity contribution in [2.24, 2.45) is 0 Å². The third-order valence-electron chi connectivity index (χ3n) is 4.36. The summed E-state index contributed by atoms with van der Waals surface area (Å²) in [5.74, 6) is -2.20. The van der Waals surface area contributed by atoms with Crippen molar-refractivity contribution < 1.29 is 14.4 Å². The number of thiophene rings is 1. The van der Waals surface area contributed by atoms with Crippen molar-refractivity contribution in [1.29, 1.82) is 0 Å². The van der Waals surface area contributed by atoms with Crippen molar-refractivity contribution in [3.8, 4) is 10.6 Å². The van der Waals surface area contributed by atoms with Gasteiger partial charge in [0.15, 0.2) is 0 Å². The Morgan fingerprint density at radius 1 is 1.03 bits per heavy atom. The summed E-state index contributed by atoms with van der Waals surface area (Å²) in [4.78, 5) is 37.1. The summed E-state index contributed by atoms with van der Waals surface area (Å²) in [5, 5.41) is 9.02. The van der Waals surface area contributed by atoms with Gasteiger partial charge in [0.25, 0.3) is 5.91 Å². The van der Waals surface area contributed by atoms with Gasteiger partial charge >= 0.3 is 11.8 Å². The fraction of sp³-hybridized carbons (Fsp3) is 0.200. The van der Waals surface area contributed by atoms with Crippen molar-refractivity contribution in [2.75, 3.05) is 0 Å². The van der Waals surface area contributed by atoms with E-state index < -0.39 is 17.7 Å². The number of aromatic nitrogens is 2. The number of nitrogens with one attached hydrogen (secondary N) is 3. The molecule has 9 heteroatoms. The Bertz CT molecular complexity index is 1030. The van der Waals surface area contributed by atoms with E-state index >= 15 is 0 Å². The summed E-state index contributed by atoms with van der Waals surface area (Å²) in [6.45, 7) is 0.503. The molecule has 148 valence electrons. The monoisotopic (exact) mass is 409 g/mol. The topological polar surface area (TPSA) is 105 Å². The number of nitrogens with zero attached hydrogens (tertiary/aromatic N) is 2. The molecule has 3 N–H and O–H groups in total. The SMILES string of the molecule is O=C(NNC(=O)c1cn(Cc2ccccc2)nc1-c1cccs1)C(=O)NC1CC1. The minimum atomic E-state index is -0.903. The maximum atomic E-state index is 12.7. The molecule has 8 nitrogen and oxygen atoms in total. The molecule has 2 heterocycles. The average Bonchev–Trinajstić information content (AvgIpc) is 3.20. The molecule has 1 fully saturated rings. The van der Waals surface area contributed by atoms with Crippen LogP contribution in [0.1, 0.15) is 28.8 Å². The quantitative estimate of drug-likeness (QED) is 0.441. The summed E-state index contributed by atoms with van der Waals surface area (Å²) in [6.07, 6.45) is 3.38. The third kappa shape index (κ3) is 4.69. The number of amides is 3. The number of carbonyl (C=O) groups is 3. The first-order valence-corrected chi connectivity index (χ1v) is 10.0. The molecular formula is C20H19N5O3S. The predicted molar refractivity (Wildman–Crippen MR) is 108 cm³/mol. The van der Waals surface area contributed by atoms with Crippen LogP contribution in [0.15, 0.2) is 54.0 Å². The number of carbonyl (C=O) groups excluding carboxylic acids is 3. The van der Waals surface area contributed by atoms with E-state index in [-0.39, 0.29) is 6.04 Å². The smallest absolute Gasteiger partial charge is 0.327 e. The van der Waals surface area contributed by atoms with E-state index in [4.69, 9.17) is 0 Å². The first-order chi connectivity index (χ1) is 14.1. The van der Waals surface area contributed by atoms with Gasteiger partial charge in [-0.15, -0.1) is 11.3 Å². The maximum Gasteiger partial charge on any atom is 0.327 e. The third-order valence-corrected chi connectivity index (χ3v) is 5.23. The maximum absolute atomic E-state index is 12.7. The van der Waals surface area contributed by atoms with Crippen LogP contribution in [0.4, 0.5) is 0 Å². The van der Waals surface area contributed by atoms with Gasteiger partial charge in [0.2, 0.25) is 0 Å². The Kier molecular flexibility index (Phi) is 5.39. The molecule has 29 heavy (non-hydrogen) atoms. The first-order valence-electron chi connectivity index (χ1n) is 9.16. The summed E-state index contributed by atoms with van der Waals surface area (Å²) >= 11 is 1.46. The van der Waals surface area contributed by atoms with E-state index in [1.165, 1.54) is 11.3 Å². The summed E-state index contributed by atoms with van der Waals surface area (Å²) in [7, 11) is 0. The Morgan fingerprint density at radius 2 is 1.83 bits per heavy atom. The zero-order chi connectivity index (χ0) is 20.2. The number of rotatable bonds is 5. The molecule has 2 aromatic heterocycles. The van der Waals surface area contributed by atoms with E-state index in [9.17, 15) is 14.4 Å². The van der Waals surface area contributed by atoms with Crippen LogP contribution in [0.5, 0.6) is 0 Å². The molecule has 0 radical (unpaired) electrons. The highest BCUT2D eigenvalue weighted by molar-refractivity contribution is 7.13. The normalized spacial score (nSPS) is 13.0. The molecular weight excluding hydrogens is 390 g/mol. The van der Waals surface area contributed by atoms with Crippen molar-refractivity contribution in [2.45, 2.75) is 25.4 Å². The Labute approximate surface area is 170 Å². The minimum absolute atomic E-state index is 0.0607. The largest absolute Gasteiger partial charge is 0.345 e. The first kappa shape index (κ1) is 18.9. The van der Waals surface area contributed by atoms with Gasteiger partial charge in [0.1, 0.15) is 5.69 Å². The van der Waals surface area contributed by atoms with E-state index in [1.54, 1.807) is 10.9 Å². The van der Waals surface area contributed by atoms with Crippen LogP contribution in [-0.2, 0) is 16.1 Å². The van der Waals surface area contributed by atoms with Crippen molar-refractivity contribution >= 4 is 29.1 Å². The van der Waals surface area contributed by atoms with Crippen LogP contribution in [0.2, 0.25) is 0 Å². The van der Waals surface area contributed by atoms with Gasteiger partial charge in [-0.3, -0.25) is 29.9 Å². The molecule has 1 saturated carbocycles. The van der Waals surface area contributed by atoms with Crippen LogP contribution in [0.3, 0.4) is 0 Å². The van der Waals surface area contributed by atoms with Gasteiger partial charge in [-0.05, 0) is 29.9 Å². The molecule has 4 rings (SSSR count). The molecule has 1 aromatic carbocycles. The minimum Gasteiger partial charge on any atom is -0.345 e. The van der Waals surface area contributed by atoms with Crippen LogP contribution in [0, 0.1) is 0 Å². The standard InChI is InChI=1S/C20H19N5O3S/c26-18(22-23-20(28)19(27)21-14-8-9-14)15-12-25(11-13-5-2-1-3-6-13)24-17(15)16-7-4-10-29-16/h1-7,10,12,14H,8-9,11H2,(H,21,27)(H,22,26)(H,23,28). The molecule has 3 amide bonds. The molecule has 1 aliphatic carbocycles. The molecule has 0 spiro atoms. The van der Waals surface area contributed by atoms with Gasteiger partial charge in [0, 0.05) is 12.2 Å². The van der Waals surface area contributed by atoms with Crippen molar-refractivity contribution in [3.63, 3.8) is 0 Å². The second-order valence-electron chi connectivity index (χ2n) is 6.71. The second kappa shape index (κ2) is 8.27. The average molecular weight is 409 g/mol. The predicted octanol–water partition coefficient (Wildman–Crippen LogP) is 1.70. The van der Waals surface area contributed by atoms with Gasteiger partial charge in [-0.2, -0.15) is 5.10 Å². The Balaban J connectivity index is 1.49. The molecule has 0 unspecified atom stereocenters. The molecule has 0 aliphatic heterocycles. The molecule has 0 atom stereocenters. The lowest BCUT2D eigenvalue weighted by Gasteiger charge is -2.07. The van der Waals surface area contributed by atoms with Gasteiger partial charge < -0.3 is 5.32 Å². The lowest BCUT2D eigenvalue weighted by Crippen LogP contribution is -2.49. The van der Waals surface area contributed by atoms with Gasteiger partial charge in [-0.1, -0.05) is 36.4 Å². The highest BCUT2D eigenvalue weighted by atomic mass is 32.1. The van der Waals surface area contributed by atoms with Crippen molar-refractivity contribution in [1.82, 2.24) is 25.9 Å². The highest BCUT2D eigenvalue weighted by Gasteiger charge is 2.27. The number of hydrogen-bond donors (Lipinski definition) is 3. The molecule has 3 aromatic rings. The lowest BCUT2D eigenvalue weighted by atomic mass is 10.2. The van der Waals surface area contributed by atoms with Crippen LogP contribution < -0.4 is 16.2 Å². The van der Waals surface area contributed by atoms with Gasteiger partial charge in [-0.25, -0.2) is 0 Å². The number of hydrogen-bond acceptors (Lipinski definition) is 5. The number of hydrazine groups is 1. The fourth-order valence-electron chi connectivity index (χ4n) is 2.75. The number of benzene rings is 1. The zero-order valence-corrected chi connectivity index (χ0v) is 16.2. The highest BCUT2D eigenvalue weighted by Crippen LogP contribution is 2.27. The fourth-order valence-corrected chi connectivity index (χ4v) is 3.47.